The SMILES string of the molecule is CCOc1cccc(OCCN2C[C@H]3C[C@@H](C2)c2cccc(=O)n2C3)c1. The summed E-state index contributed by atoms with van der Waals surface area (Å²) in [5.41, 5.74) is 1.34. The number of hydrogen-bond donors (Lipinski definition) is 0. The Labute approximate surface area is 154 Å². The predicted molar refractivity (Wildman–Crippen MR) is 101 cm³/mol. The Balaban J connectivity index is 1.35. The molecular formula is C21H26N2O3. The van der Waals surface area contributed by atoms with Crippen molar-refractivity contribution in [3.63, 3.8) is 0 Å². The van der Waals surface area contributed by atoms with Gasteiger partial charge in [-0.25, -0.2) is 0 Å². The van der Waals surface area contributed by atoms with Crippen LogP contribution < -0.4 is 15.0 Å². The van der Waals surface area contributed by atoms with Gasteiger partial charge in [0.05, 0.1) is 6.61 Å². The van der Waals surface area contributed by atoms with E-state index in [2.05, 4.69) is 11.0 Å². The van der Waals surface area contributed by atoms with E-state index >= 15 is 0 Å². The Kier molecular flexibility index (Phi) is 4.98. The highest BCUT2D eigenvalue weighted by Crippen LogP contribution is 2.34. The fourth-order valence-electron chi connectivity index (χ4n) is 4.29. The summed E-state index contributed by atoms with van der Waals surface area (Å²) in [6.45, 7) is 7.10. The van der Waals surface area contributed by atoms with Crippen molar-refractivity contribution in [2.75, 3.05) is 32.8 Å². The minimum absolute atomic E-state index is 0.142. The third-order valence-corrected chi connectivity index (χ3v) is 5.35. The number of pyridine rings is 1. The van der Waals surface area contributed by atoms with Crippen LogP contribution in [0.25, 0.3) is 0 Å². The number of fused-ring (bicyclic) bond motifs is 4. The molecule has 2 aliphatic heterocycles. The van der Waals surface area contributed by atoms with Crippen LogP contribution in [0.1, 0.15) is 25.0 Å². The highest BCUT2D eigenvalue weighted by molar-refractivity contribution is 5.32. The fraction of sp³-hybridized carbons (Fsp3) is 0.476. The summed E-state index contributed by atoms with van der Waals surface area (Å²) < 4.78 is 13.4. The summed E-state index contributed by atoms with van der Waals surface area (Å²) >= 11 is 0. The van der Waals surface area contributed by atoms with Crippen LogP contribution in [-0.2, 0) is 6.54 Å². The van der Waals surface area contributed by atoms with Crippen LogP contribution in [-0.4, -0.2) is 42.3 Å². The van der Waals surface area contributed by atoms with E-state index in [0.717, 1.165) is 37.7 Å². The maximum Gasteiger partial charge on any atom is 0.250 e. The van der Waals surface area contributed by atoms with Gasteiger partial charge in [-0.05, 0) is 37.5 Å². The molecular weight excluding hydrogens is 328 g/mol. The quantitative estimate of drug-likeness (QED) is 0.800. The number of likely N-dealkylation sites (tertiary alicyclic amines) is 1. The van der Waals surface area contributed by atoms with Crippen LogP contribution >= 0.6 is 0 Å². The highest BCUT2D eigenvalue weighted by Gasteiger charge is 2.34. The first-order valence-electron chi connectivity index (χ1n) is 9.50. The molecule has 5 heteroatoms. The lowest BCUT2D eigenvalue weighted by molar-refractivity contribution is 0.104. The van der Waals surface area contributed by atoms with Gasteiger partial charge in [0.1, 0.15) is 18.1 Å². The molecule has 0 spiro atoms. The van der Waals surface area contributed by atoms with Gasteiger partial charge in [-0.1, -0.05) is 12.1 Å². The van der Waals surface area contributed by atoms with E-state index in [1.165, 1.54) is 12.1 Å². The molecule has 138 valence electrons. The van der Waals surface area contributed by atoms with E-state index in [9.17, 15) is 4.79 Å². The standard InChI is InChI=1S/C21H26N2O3/c1-2-25-18-5-3-6-19(12-18)26-10-9-22-13-16-11-17(15-22)20-7-4-8-21(24)23(20)14-16/h3-8,12,16-17H,2,9-11,13-15H2,1H3/t16-,17+/m1/s1. The zero-order chi connectivity index (χ0) is 17.9. The lowest BCUT2D eigenvalue weighted by atomic mass is 9.83. The molecule has 1 aromatic heterocycles. The number of benzene rings is 1. The number of aromatic nitrogens is 1. The zero-order valence-corrected chi connectivity index (χ0v) is 15.3. The van der Waals surface area contributed by atoms with Crippen LogP contribution in [0.4, 0.5) is 0 Å². The summed E-state index contributed by atoms with van der Waals surface area (Å²) in [5.74, 6) is 2.71. The van der Waals surface area contributed by atoms with Crippen LogP contribution in [0.15, 0.2) is 47.3 Å². The minimum atomic E-state index is 0.142. The molecule has 2 aliphatic rings. The van der Waals surface area contributed by atoms with Crippen molar-refractivity contribution in [3.8, 4) is 11.5 Å². The summed E-state index contributed by atoms with van der Waals surface area (Å²) in [5, 5.41) is 0. The summed E-state index contributed by atoms with van der Waals surface area (Å²) in [6.07, 6.45) is 1.19. The molecule has 1 fully saturated rings. The fourth-order valence-corrected chi connectivity index (χ4v) is 4.29. The molecule has 0 N–H and O–H groups in total. The molecule has 0 amide bonds. The molecule has 0 unspecified atom stereocenters. The molecule has 4 rings (SSSR count). The Bertz CT molecular complexity index is 817. The van der Waals surface area contributed by atoms with Crippen molar-refractivity contribution >= 4 is 0 Å². The number of hydrogen-bond acceptors (Lipinski definition) is 4. The van der Waals surface area contributed by atoms with Gasteiger partial charge >= 0.3 is 0 Å². The van der Waals surface area contributed by atoms with Gasteiger partial charge in [-0.15, -0.1) is 0 Å². The van der Waals surface area contributed by atoms with Gasteiger partial charge < -0.3 is 14.0 Å². The van der Waals surface area contributed by atoms with Crippen LogP contribution in [0.5, 0.6) is 11.5 Å². The van der Waals surface area contributed by atoms with E-state index in [1.54, 1.807) is 6.07 Å². The van der Waals surface area contributed by atoms with E-state index < -0.39 is 0 Å². The largest absolute Gasteiger partial charge is 0.494 e. The Hall–Kier alpha value is -2.27. The second-order valence-corrected chi connectivity index (χ2v) is 7.21. The van der Waals surface area contributed by atoms with Crippen molar-refractivity contribution in [3.05, 3.63) is 58.5 Å². The first-order valence-corrected chi connectivity index (χ1v) is 9.50. The third-order valence-electron chi connectivity index (χ3n) is 5.35. The number of rotatable bonds is 6. The predicted octanol–water partition coefficient (Wildman–Crippen LogP) is 2.75. The second-order valence-electron chi connectivity index (χ2n) is 7.21. The van der Waals surface area contributed by atoms with Crippen molar-refractivity contribution in [1.29, 1.82) is 0 Å². The number of nitrogens with zero attached hydrogens (tertiary/aromatic N) is 2. The Morgan fingerprint density at radius 1 is 1.04 bits per heavy atom. The molecule has 2 aromatic rings. The van der Waals surface area contributed by atoms with Gasteiger partial charge in [-0.3, -0.25) is 9.69 Å². The van der Waals surface area contributed by atoms with Crippen molar-refractivity contribution in [2.45, 2.75) is 25.8 Å². The molecule has 26 heavy (non-hydrogen) atoms. The first kappa shape index (κ1) is 17.2. The normalized spacial score (nSPS) is 21.9. The first-order chi connectivity index (χ1) is 12.7. The maximum absolute atomic E-state index is 12.1. The molecule has 2 atom stereocenters. The zero-order valence-electron chi connectivity index (χ0n) is 15.3. The van der Waals surface area contributed by atoms with Gasteiger partial charge in [-0.2, -0.15) is 0 Å². The maximum atomic E-state index is 12.1. The summed E-state index contributed by atoms with van der Waals surface area (Å²) in [7, 11) is 0. The third kappa shape index (κ3) is 3.63. The number of piperidine rings is 1. The van der Waals surface area contributed by atoms with E-state index in [0.29, 0.717) is 25.0 Å². The van der Waals surface area contributed by atoms with E-state index in [4.69, 9.17) is 9.47 Å². The average Bonchev–Trinajstić information content (AvgIpc) is 2.63. The Morgan fingerprint density at radius 2 is 1.85 bits per heavy atom. The van der Waals surface area contributed by atoms with Gasteiger partial charge in [0.25, 0.3) is 5.56 Å². The highest BCUT2D eigenvalue weighted by atomic mass is 16.5. The summed E-state index contributed by atoms with van der Waals surface area (Å²) in [6, 6.07) is 13.5. The van der Waals surface area contributed by atoms with Crippen molar-refractivity contribution in [1.82, 2.24) is 9.47 Å². The lowest BCUT2D eigenvalue weighted by Crippen LogP contribution is -2.48. The van der Waals surface area contributed by atoms with E-state index in [1.807, 2.05) is 41.8 Å². The lowest BCUT2D eigenvalue weighted by Gasteiger charge is -2.42. The second kappa shape index (κ2) is 7.54. The van der Waals surface area contributed by atoms with Crippen LogP contribution in [0, 0.1) is 5.92 Å². The van der Waals surface area contributed by atoms with Gasteiger partial charge in [0.2, 0.25) is 0 Å². The molecule has 5 nitrogen and oxygen atoms in total. The smallest absolute Gasteiger partial charge is 0.250 e. The summed E-state index contributed by atoms with van der Waals surface area (Å²) in [4.78, 5) is 14.6. The topological polar surface area (TPSA) is 43.7 Å². The molecule has 0 aliphatic carbocycles. The van der Waals surface area contributed by atoms with Gasteiger partial charge in [0.15, 0.2) is 0 Å². The monoisotopic (exact) mass is 354 g/mol. The van der Waals surface area contributed by atoms with Crippen molar-refractivity contribution < 1.29 is 9.47 Å². The van der Waals surface area contributed by atoms with E-state index in [-0.39, 0.29) is 5.56 Å². The van der Waals surface area contributed by atoms with Gasteiger partial charge in [0, 0.05) is 49.9 Å². The molecule has 1 saturated heterocycles. The van der Waals surface area contributed by atoms with Crippen molar-refractivity contribution in [2.24, 2.45) is 5.92 Å². The molecule has 2 bridgehead atoms. The average molecular weight is 354 g/mol. The number of ether oxygens (including phenoxy) is 2. The van der Waals surface area contributed by atoms with Crippen LogP contribution in [0.3, 0.4) is 0 Å². The Morgan fingerprint density at radius 3 is 2.69 bits per heavy atom. The van der Waals surface area contributed by atoms with Crippen LogP contribution in [0.2, 0.25) is 0 Å². The molecule has 0 saturated carbocycles. The molecule has 1 aromatic carbocycles. The molecule has 0 radical (unpaired) electrons. The molecule has 3 heterocycles. The minimum Gasteiger partial charge on any atom is -0.494 e.